The van der Waals surface area contributed by atoms with Crippen LogP contribution in [-0.4, -0.2) is 38.4 Å². The van der Waals surface area contributed by atoms with Crippen molar-refractivity contribution in [3.63, 3.8) is 0 Å². The second-order valence-electron chi connectivity index (χ2n) is 6.12. The summed E-state index contributed by atoms with van der Waals surface area (Å²) in [6.45, 7) is 6.14. The van der Waals surface area contributed by atoms with Crippen LogP contribution in [0.15, 0.2) is 12.5 Å². The smallest absolute Gasteiger partial charge is 0.318 e. The van der Waals surface area contributed by atoms with E-state index in [9.17, 15) is 0 Å². The zero-order chi connectivity index (χ0) is 16.4. The van der Waals surface area contributed by atoms with Crippen molar-refractivity contribution in [2.24, 2.45) is 5.92 Å². The summed E-state index contributed by atoms with van der Waals surface area (Å²) in [6, 6.07) is 0.437. The molecule has 2 aromatic rings. The standard InChI is InChI=1S/C15H21ClN6O/c1-10(2)8-21-9-18-20-14(21)12-5-4-6-22(12)13-11(16)7-17-15(19-13)23-3/h7,9-10,12H,4-6,8H2,1-3H3/t12-/m0/s1. The van der Waals surface area contributed by atoms with Gasteiger partial charge in [-0.3, -0.25) is 0 Å². The van der Waals surface area contributed by atoms with Gasteiger partial charge in [-0.25, -0.2) is 4.98 Å². The number of rotatable bonds is 5. The molecule has 1 atom stereocenters. The van der Waals surface area contributed by atoms with E-state index >= 15 is 0 Å². The Bertz CT molecular complexity index is 674. The minimum absolute atomic E-state index is 0.119. The lowest BCUT2D eigenvalue weighted by Gasteiger charge is -2.26. The Hall–Kier alpha value is -1.89. The maximum atomic E-state index is 6.32. The highest BCUT2D eigenvalue weighted by molar-refractivity contribution is 6.32. The average molecular weight is 337 g/mol. The van der Waals surface area contributed by atoms with E-state index in [1.165, 1.54) is 0 Å². The predicted molar refractivity (Wildman–Crippen MR) is 87.8 cm³/mol. The summed E-state index contributed by atoms with van der Waals surface area (Å²) in [7, 11) is 1.55. The number of nitrogens with zero attached hydrogens (tertiary/aromatic N) is 6. The van der Waals surface area contributed by atoms with Gasteiger partial charge in [0, 0.05) is 13.1 Å². The first kappa shape index (κ1) is 16.0. The first-order chi connectivity index (χ1) is 11.1. The van der Waals surface area contributed by atoms with Crippen LogP contribution in [0.25, 0.3) is 0 Å². The van der Waals surface area contributed by atoms with E-state index in [2.05, 4.69) is 43.5 Å². The summed E-state index contributed by atoms with van der Waals surface area (Å²) in [5.74, 6) is 2.19. The normalized spacial score (nSPS) is 18.0. The summed E-state index contributed by atoms with van der Waals surface area (Å²) in [5.41, 5.74) is 0. The van der Waals surface area contributed by atoms with E-state index in [-0.39, 0.29) is 6.04 Å². The quantitative estimate of drug-likeness (QED) is 0.836. The third-order valence-corrected chi connectivity index (χ3v) is 4.18. The van der Waals surface area contributed by atoms with Crippen molar-refractivity contribution in [1.29, 1.82) is 0 Å². The number of hydrogen-bond donors (Lipinski definition) is 0. The Balaban J connectivity index is 1.93. The molecular weight excluding hydrogens is 316 g/mol. The zero-order valence-electron chi connectivity index (χ0n) is 13.6. The molecule has 0 aromatic carbocycles. The lowest BCUT2D eigenvalue weighted by molar-refractivity contribution is 0.379. The number of ether oxygens (including phenoxy) is 1. The maximum Gasteiger partial charge on any atom is 0.318 e. The van der Waals surface area contributed by atoms with Gasteiger partial charge in [0.15, 0.2) is 11.6 Å². The van der Waals surface area contributed by atoms with Crippen LogP contribution in [0.2, 0.25) is 5.02 Å². The van der Waals surface area contributed by atoms with Crippen LogP contribution in [0, 0.1) is 5.92 Å². The van der Waals surface area contributed by atoms with Gasteiger partial charge in [-0.1, -0.05) is 25.4 Å². The molecule has 23 heavy (non-hydrogen) atoms. The summed E-state index contributed by atoms with van der Waals surface area (Å²) in [4.78, 5) is 10.6. The first-order valence-corrected chi connectivity index (χ1v) is 8.18. The second kappa shape index (κ2) is 6.70. The SMILES string of the molecule is COc1ncc(Cl)c(N2CCC[C@H]2c2nncn2CC(C)C)n1. The van der Waals surface area contributed by atoms with Gasteiger partial charge >= 0.3 is 6.01 Å². The lowest BCUT2D eigenvalue weighted by Crippen LogP contribution is -2.27. The Kier molecular flexibility index (Phi) is 4.66. The van der Waals surface area contributed by atoms with E-state index in [4.69, 9.17) is 16.3 Å². The lowest BCUT2D eigenvalue weighted by atomic mass is 10.2. The fourth-order valence-corrected chi connectivity index (χ4v) is 3.19. The van der Waals surface area contributed by atoms with E-state index in [0.717, 1.165) is 31.8 Å². The zero-order valence-corrected chi connectivity index (χ0v) is 14.4. The Labute approximate surface area is 140 Å². The minimum Gasteiger partial charge on any atom is -0.467 e. The molecule has 0 spiro atoms. The molecule has 3 heterocycles. The summed E-state index contributed by atoms with van der Waals surface area (Å²) >= 11 is 6.32. The molecule has 7 nitrogen and oxygen atoms in total. The van der Waals surface area contributed by atoms with Crippen LogP contribution in [0.4, 0.5) is 5.82 Å². The van der Waals surface area contributed by atoms with Crippen LogP contribution in [0.5, 0.6) is 6.01 Å². The molecule has 0 aliphatic carbocycles. The van der Waals surface area contributed by atoms with Crippen LogP contribution in [-0.2, 0) is 6.54 Å². The molecule has 0 N–H and O–H groups in total. The van der Waals surface area contributed by atoms with E-state index in [1.54, 1.807) is 19.6 Å². The Morgan fingerprint density at radius 1 is 1.43 bits per heavy atom. The molecule has 1 fully saturated rings. The molecule has 1 aliphatic rings. The number of aromatic nitrogens is 5. The van der Waals surface area contributed by atoms with Gasteiger partial charge in [0.1, 0.15) is 11.3 Å². The second-order valence-corrected chi connectivity index (χ2v) is 6.52. The monoisotopic (exact) mass is 336 g/mol. The predicted octanol–water partition coefficient (Wildman–Crippen LogP) is 2.73. The van der Waals surface area contributed by atoms with Crippen molar-refractivity contribution in [2.75, 3.05) is 18.6 Å². The van der Waals surface area contributed by atoms with E-state index in [0.29, 0.717) is 22.8 Å². The van der Waals surface area contributed by atoms with Gasteiger partial charge in [-0.05, 0) is 18.8 Å². The van der Waals surface area contributed by atoms with Crippen molar-refractivity contribution >= 4 is 17.4 Å². The van der Waals surface area contributed by atoms with Gasteiger partial charge in [0.25, 0.3) is 0 Å². The molecule has 8 heteroatoms. The van der Waals surface area contributed by atoms with Crippen LogP contribution >= 0.6 is 11.6 Å². The van der Waals surface area contributed by atoms with Crippen molar-refractivity contribution in [1.82, 2.24) is 24.7 Å². The highest BCUT2D eigenvalue weighted by Crippen LogP contribution is 2.37. The fraction of sp³-hybridized carbons (Fsp3) is 0.600. The molecule has 0 bridgehead atoms. The van der Waals surface area contributed by atoms with Crippen molar-refractivity contribution < 1.29 is 4.74 Å². The maximum absolute atomic E-state index is 6.32. The highest BCUT2D eigenvalue weighted by atomic mass is 35.5. The highest BCUT2D eigenvalue weighted by Gasteiger charge is 2.32. The topological polar surface area (TPSA) is 69.0 Å². The molecule has 0 amide bonds. The van der Waals surface area contributed by atoms with Gasteiger partial charge in [-0.15, -0.1) is 10.2 Å². The molecule has 0 radical (unpaired) electrons. The average Bonchev–Trinajstić information content (AvgIpc) is 3.15. The molecule has 1 saturated heterocycles. The van der Waals surface area contributed by atoms with Gasteiger partial charge < -0.3 is 14.2 Å². The third-order valence-electron chi connectivity index (χ3n) is 3.92. The number of methoxy groups -OCH3 is 1. The fourth-order valence-electron chi connectivity index (χ4n) is 2.99. The van der Waals surface area contributed by atoms with Crippen molar-refractivity contribution in [3.05, 3.63) is 23.4 Å². The molecule has 124 valence electrons. The molecular formula is C15H21ClN6O. The third kappa shape index (κ3) is 3.24. The summed E-state index contributed by atoms with van der Waals surface area (Å²) < 4.78 is 7.26. The Morgan fingerprint density at radius 2 is 2.26 bits per heavy atom. The Morgan fingerprint density at radius 3 is 3.00 bits per heavy atom. The van der Waals surface area contributed by atoms with Crippen molar-refractivity contribution in [2.45, 2.75) is 39.3 Å². The van der Waals surface area contributed by atoms with Crippen LogP contribution in [0.1, 0.15) is 38.6 Å². The minimum atomic E-state index is 0.119. The van der Waals surface area contributed by atoms with Crippen molar-refractivity contribution in [3.8, 4) is 6.01 Å². The van der Waals surface area contributed by atoms with E-state index in [1.807, 2.05) is 0 Å². The molecule has 0 unspecified atom stereocenters. The first-order valence-electron chi connectivity index (χ1n) is 7.81. The van der Waals surface area contributed by atoms with Gasteiger partial charge in [0.05, 0.1) is 19.3 Å². The summed E-state index contributed by atoms with van der Waals surface area (Å²) in [6.07, 6.45) is 5.44. The van der Waals surface area contributed by atoms with Gasteiger partial charge in [0.2, 0.25) is 0 Å². The van der Waals surface area contributed by atoms with Gasteiger partial charge in [-0.2, -0.15) is 4.98 Å². The molecule has 1 aliphatic heterocycles. The number of halogens is 1. The number of anilines is 1. The summed E-state index contributed by atoms with van der Waals surface area (Å²) in [5, 5.41) is 8.97. The van der Waals surface area contributed by atoms with E-state index < -0.39 is 0 Å². The molecule has 0 saturated carbocycles. The van der Waals surface area contributed by atoms with Crippen LogP contribution in [0.3, 0.4) is 0 Å². The molecule has 3 rings (SSSR count). The number of hydrogen-bond acceptors (Lipinski definition) is 6. The molecule has 2 aromatic heterocycles. The largest absolute Gasteiger partial charge is 0.467 e. The van der Waals surface area contributed by atoms with Crippen LogP contribution < -0.4 is 9.64 Å².